The first-order valence-electron chi connectivity index (χ1n) is 8.27. The molecular formula is C18H23N3O3. The number of ether oxygens (including phenoxy) is 1. The van der Waals surface area contributed by atoms with Crippen LogP contribution in [-0.4, -0.2) is 44.1 Å². The Morgan fingerprint density at radius 1 is 1.17 bits per heavy atom. The molecule has 24 heavy (non-hydrogen) atoms. The Labute approximate surface area is 141 Å². The number of benzene rings is 1. The molecule has 0 saturated carbocycles. The lowest BCUT2D eigenvalue weighted by atomic mass is 9.77. The van der Waals surface area contributed by atoms with Crippen molar-refractivity contribution in [3.63, 3.8) is 0 Å². The van der Waals surface area contributed by atoms with Gasteiger partial charge >= 0.3 is 0 Å². The highest BCUT2D eigenvalue weighted by molar-refractivity contribution is 5.97. The molecule has 1 saturated heterocycles. The molecule has 3 N–H and O–H groups in total. The van der Waals surface area contributed by atoms with Gasteiger partial charge in [0.25, 0.3) is 5.91 Å². The van der Waals surface area contributed by atoms with Crippen molar-refractivity contribution in [1.29, 1.82) is 0 Å². The maximum Gasteiger partial charge on any atom is 0.255 e. The molecule has 0 aliphatic carbocycles. The van der Waals surface area contributed by atoms with Gasteiger partial charge in [0, 0.05) is 25.7 Å². The number of allylic oxidation sites excluding steroid dienone is 1. The van der Waals surface area contributed by atoms with Crippen LogP contribution < -0.4 is 20.7 Å². The zero-order valence-electron chi connectivity index (χ0n) is 13.8. The van der Waals surface area contributed by atoms with Crippen molar-refractivity contribution in [2.45, 2.75) is 19.4 Å². The van der Waals surface area contributed by atoms with Crippen molar-refractivity contribution < 1.29 is 14.3 Å². The average molecular weight is 329 g/mol. The highest BCUT2D eigenvalue weighted by atomic mass is 16.5. The van der Waals surface area contributed by atoms with Crippen LogP contribution in [-0.2, 0) is 4.79 Å². The number of amides is 2. The molecule has 1 aromatic carbocycles. The Morgan fingerprint density at radius 3 is 2.71 bits per heavy atom. The normalized spacial score (nSPS) is 25.3. The first-order chi connectivity index (χ1) is 11.6. The molecule has 1 atom stereocenters. The quantitative estimate of drug-likeness (QED) is 0.617. The van der Waals surface area contributed by atoms with Gasteiger partial charge in [-0.25, -0.2) is 0 Å². The van der Waals surface area contributed by atoms with Gasteiger partial charge < -0.3 is 20.7 Å². The van der Waals surface area contributed by atoms with Gasteiger partial charge in [-0.1, -0.05) is 24.3 Å². The second kappa shape index (κ2) is 7.05. The summed E-state index contributed by atoms with van der Waals surface area (Å²) in [6.45, 7) is 3.99. The summed E-state index contributed by atoms with van der Waals surface area (Å²) in [5, 5.41) is 9.04. The van der Waals surface area contributed by atoms with E-state index in [1.165, 1.54) is 0 Å². The van der Waals surface area contributed by atoms with E-state index in [4.69, 9.17) is 4.74 Å². The number of hydrogen-bond donors (Lipinski definition) is 3. The minimum Gasteiger partial charge on any atom is -0.489 e. The molecule has 1 fully saturated rings. The maximum absolute atomic E-state index is 12.5. The fourth-order valence-electron chi connectivity index (χ4n) is 2.91. The first kappa shape index (κ1) is 16.5. The van der Waals surface area contributed by atoms with Crippen LogP contribution in [0.15, 0.2) is 36.4 Å². The Kier molecular flexibility index (Phi) is 4.85. The molecule has 3 rings (SSSR count). The monoisotopic (exact) mass is 329 g/mol. The van der Waals surface area contributed by atoms with Gasteiger partial charge in [-0.2, -0.15) is 0 Å². The van der Waals surface area contributed by atoms with Crippen LogP contribution in [0.25, 0.3) is 0 Å². The minimum absolute atomic E-state index is 0.0328. The van der Waals surface area contributed by atoms with E-state index in [1.807, 2.05) is 25.1 Å². The van der Waals surface area contributed by atoms with E-state index >= 15 is 0 Å². The molecule has 6 heteroatoms. The van der Waals surface area contributed by atoms with Crippen molar-refractivity contribution in [2.24, 2.45) is 5.41 Å². The maximum atomic E-state index is 12.5. The number of fused-ring (bicyclic) bond motifs is 1. The van der Waals surface area contributed by atoms with Crippen LogP contribution in [0.5, 0.6) is 5.75 Å². The van der Waals surface area contributed by atoms with Crippen LogP contribution in [0.2, 0.25) is 0 Å². The highest BCUT2D eigenvalue weighted by Gasteiger charge is 2.43. The molecule has 0 bridgehead atoms. The van der Waals surface area contributed by atoms with E-state index < -0.39 is 0 Å². The molecule has 2 aliphatic heterocycles. The van der Waals surface area contributed by atoms with Crippen LogP contribution in [0.4, 0.5) is 0 Å². The molecule has 0 radical (unpaired) electrons. The summed E-state index contributed by atoms with van der Waals surface area (Å²) in [4.78, 5) is 24.9. The molecule has 1 aromatic rings. The van der Waals surface area contributed by atoms with E-state index in [0.29, 0.717) is 44.0 Å². The average Bonchev–Trinajstić information content (AvgIpc) is 2.54. The van der Waals surface area contributed by atoms with Gasteiger partial charge in [0.15, 0.2) is 0 Å². The van der Waals surface area contributed by atoms with E-state index in [2.05, 4.69) is 16.0 Å². The zero-order valence-corrected chi connectivity index (χ0v) is 13.8. The van der Waals surface area contributed by atoms with Crippen molar-refractivity contribution in [3.8, 4) is 5.75 Å². The van der Waals surface area contributed by atoms with Gasteiger partial charge in [-0.3, -0.25) is 9.59 Å². The summed E-state index contributed by atoms with van der Waals surface area (Å²) < 4.78 is 5.72. The standard InChI is InChI=1S/C18H23N3O3/c1-13-10-20-17(23)18(11-19-12-18)8-4-5-9-24-15-7-3-2-6-14(15)16(22)21-13/h2-7,13,19H,8-12H2,1H3,(H,20,23)(H,21,22)/b5-4-/t13-/m0/s1. The molecule has 2 heterocycles. The molecule has 0 unspecified atom stereocenters. The Morgan fingerprint density at radius 2 is 1.96 bits per heavy atom. The minimum atomic E-state index is -0.387. The number of rotatable bonds is 0. The Bertz CT molecular complexity index is 653. The smallest absolute Gasteiger partial charge is 0.255 e. The lowest BCUT2D eigenvalue weighted by Gasteiger charge is -2.40. The number of para-hydroxylation sites is 1. The third kappa shape index (κ3) is 3.43. The Hall–Kier alpha value is -2.34. The van der Waals surface area contributed by atoms with Crippen molar-refractivity contribution in [2.75, 3.05) is 26.2 Å². The van der Waals surface area contributed by atoms with Crippen molar-refractivity contribution in [1.82, 2.24) is 16.0 Å². The molecule has 128 valence electrons. The van der Waals surface area contributed by atoms with Gasteiger partial charge in [0.2, 0.25) is 5.91 Å². The SMILES string of the molecule is C[C@H]1CNC(=O)C2(C/C=C\COc3ccccc3C(=O)N1)CNC2. The first-order valence-corrected chi connectivity index (χ1v) is 8.27. The number of hydrogen-bond acceptors (Lipinski definition) is 4. The summed E-state index contributed by atoms with van der Waals surface area (Å²) in [6.07, 6.45) is 4.56. The third-order valence-corrected chi connectivity index (χ3v) is 4.50. The topological polar surface area (TPSA) is 79.5 Å². The summed E-state index contributed by atoms with van der Waals surface area (Å²) >= 11 is 0. The molecule has 2 aliphatic rings. The lowest BCUT2D eigenvalue weighted by Crippen LogP contribution is -2.62. The van der Waals surface area contributed by atoms with E-state index in [9.17, 15) is 9.59 Å². The third-order valence-electron chi connectivity index (χ3n) is 4.50. The molecular weight excluding hydrogens is 306 g/mol. The predicted molar refractivity (Wildman–Crippen MR) is 90.9 cm³/mol. The van der Waals surface area contributed by atoms with Crippen LogP contribution in [0.1, 0.15) is 23.7 Å². The fraction of sp³-hybridized carbons (Fsp3) is 0.444. The lowest BCUT2D eigenvalue weighted by molar-refractivity contribution is -0.133. The second-order valence-electron chi connectivity index (χ2n) is 6.45. The molecule has 0 aromatic heterocycles. The summed E-state index contributed by atoms with van der Waals surface area (Å²) in [7, 11) is 0. The summed E-state index contributed by atoms with van der Waals surface area (Å²) in [5.74, 6) is 0.395. The second-order valence-corrected chi connectivity index (χ2v) is 6.45. The van der Waals surface area contributed by atoms with Crippen LogP contribution in [0.3, 0.4) is 0 Å². The number of carbonyl (C=O) groups is 2. The largest absolute Gasteiger partial charge is 0.489 e. The van der Waals surface area contributed by atoms with Gasteiger partial charge in [-0.05, 0) is 25.5 Å². The summed E-state index contributed by atoms with van der Waals surface area (Å²) in [6, 6.07) is 7.01. The number of carbonyl (C=O) groups excluding carboxylic acids is 2. The highest BCUT2D eigenvalue weighted by Crippen LogP contribution is 2.28. The molecule has 1 spiro atoms. The number of nitrogens with one attached hydrogen (secondary N) is 3. The van der Waals surface area contributed by atoms with Crippen molar-refractivity contribution in [3.05, 3.63) is 42.0 Å². The zero-order chi connectivity index (χ0) is 17.0. The van der Waals surface area contributed by atoms with E-state index in [0.717, 1.165) is 0 Å². The van der Waals surface area contributed by atoms with Crippen LogP contribution >= 0.6 is 0 Å². The van der Waals surface area contributed by atoms with Gasteiger partial charge in [0.05, 0.1) is 11.0 Å². The van der Waals surface area contributed by atoms with Gasteiger partial charge in [0.1, 0.15) is 12.4 Å². The van der Waals surface area contributed by atoms with E-state index in [1.54, 1.807) is 18.2 Å². The molecule has 2 amide bonds. The fourth-order valence-corrected chi connectivity index (χ4v) is 2.91. The molecule has 6 nitrogen and oxygen atoms in total. The summed E-state index contributed by atoms with van der Waals surface area (Å²) in [5.41, 5.74) is 0.114. The Balaban J connectivity index is 1.80. The van der Waals surface area contributed by atoms with E-state index in [-0.39, 0.29) is 23.3 Å². The van der Waals surface area contributed by atoms with Crippen LogP contribution in [0, 0.1) is 5.41 Å². The van der Waals surface area contributed by atoms with Gasteiger partial charge in [-0.15, -0.1) is 0 Å². The van der Waals surface area contributed by atoms with Crippen molar-refractivity contribution >= 4 is 11.8 Å². The predicted octanol–water partition coefficient (Wildman–Crippen LogP) is 0.849.